The number of fused-ring (bicyclic) bond motifs is 1. The Hall–Kier alpha value is -4.19. The van der Waals surface area contributed by atoms with Crippen LogP contribution in [-0.4, -0.2) is 43.3 Å². The highest BCUT2D eigenvalue weighted by atomic mass is 32.3. The highest BCUT2D eigenvalue weighted by Crippen LogP contribution is 2.40. The average molecular weight is 607 g/mol. The van der Waals surface area contributed by atoms with Crippen LogP contribution in [0, 0.1) is 19.7 Å². The third-order valence-electron chi connectivity index (χ3n) is 7.22. The van der Waals surface area contributed by atoms with Crippen LogP contribution in [0.25, 0.3) is 0 Å². The molecule has 0 aromatic heterocycles. The van der Waals surface area contributed by atoms with Crippen LogP contribution in [0.5, 0.6) is 0 Å². The van der Waals surface area contributed by atoms with E-state index in [2.05, 4.69) is 0 Å². The minimum absolute atomic E-state index is 0.0607. The lowest BCUT2D eigenvalue weighted by Crippen LogP contribution is -2.50. The molecule has 0 fully saturated rings. The van der Waals surface area contributed by atoms with E-state index in [1.54, 1.807) is 56.3 Å². The van der Waals surface area contributed by atoms with Crippen molar-refractivity contribution >= 4 is 31.9 Å². The number of imide groups is 1. The van der Waals surface area contributed by atoms with Crippen LogP contribution in [0.1, 0.15) is 50.4 Å². The van der Waals surface area contributed by atoms with Crippen molar-refractivity contribution in [3.8, 4) is 0 Å². The number of hydrogen-bond donors (Lipinski definition) is 0. The van der Waals surface area contributed by atoms with Crippen LogP contribution >= 0.6 is 0 Å². The van der Waals surface area contributed by atoms with Gasteiger partial charge in [-0.25, -0.2) is 21.2 Å². The number of sulfonamides is 2. The average Bonchev–Trinajstić information content (AvgIpc) is 3.20. The van der Waals surface area contributed by atoms with Crippen LogP contribution in [0.4, 0.5) is 4.39 Å². The van der Waals surface area contributed by atoms with Gasteiger partial charge in [0.25, 0.3) is 31.9 Å². The van der Waals surface area contributed by atoms with Gasteiger partial charge in [0.1, 0.15) is 5.82 Å². The predicted octanol–water partition coefficient (Wildman–Crippen LogP) is 5.25. The molecule has 4 aromatic carbocycles. The van der Waals surface area contributed by atoms with E-state index in [0.717, 1.165) is 28.2 Å². The minimum atomic E-state index is -4.83. The fourth-order valence-electron chi connectivity index (χ4n) is 5.03. The monoisotopic (exact) mass is 606 g/mol. The van der Waals surface area contributed by atoms with Crippen molar-refractivity contribution in [2.45, 2.75) is 42.6 Å². The van der Waals surface area contributed by atoms with Crippen LogP contribution in [0.15, 0.2) is 107 Å². The predicted molar refractivity (Wildman–Crippen MR) is 154 cm³/mol. The van der Waals surface area contributed by atoms with E-state index in [1.807, 2.05) is 0 Å². The van der Waals surface area contributed by atoms with Crippen LogP contribution in [-0.2, 0) is 20.0 Å². The molecule has 0 bridgehead atoms. The maximum Gasteiger partial charge on any atom is 0.261 e. The summed E-state index contributed by atoms with van der Waals surface area (Å²) in [6.45, 7) is 4.92. The number of nitrogens with zero attached hydrogens (tertiary/aromatic N) is 2. The molecular weight excluding hydrogens is 579 g/mol. The Morgan fingerprint density at radius 1 is 0.667 bits per heavy atom. The summed E-state index contributed by atoms with van der Waals surface area (Å²) in [5.41, 5.74) is 1.49. The van der Waals surface area contributed by atoms with E-state index in [1.165, 1.54) is 49.4 Å². The molecule has 42 heavy (non-hydrogen) atoms. The summed E-state index contributed by atoms with van der Waals surface area (Å²) < 4.78 is 72.0. The molecule has 2 amide bonds. The van der Waals surface area contributed by atoms with E-state index in [9.17, 15) is 30.8 Å². The lowest BCUT2D eigenvalue weighted by atomic mass is 10.0. The second-order valence-corrected chi connectivity index (χ2v) is 14.0. The first-order chi connectivity index (χ1) is 19.8. The van der Waals surface area contributed by atoms with Crippen molar-refractivity contribution < 1.29 is 30.8 Å². The molecule has 0 radical (unpaired) electrons. The third-order valence-corrected chi connectivity index (χ3v) is 11.5. The standard InChI is InChI=1S/C31H27FN2O6S2/c1-20-9-14-25(15-10-20)41(37,38)34(42(39,40)26-16-11-21(2)12-17-26)29(23-7-5-4-6-8-23)22(3)33-30(35)27-18-13-24(32)19-28(27)31(33)36/h4-19,22,29H,1-3H3/t22-,29-/m1/s1. The Bertz CT molecular complexity index is 1820. The fourth-order valence-corrected chi connectivity index (χ4v) is 9.15. The van der Waals surface area contributed by atoms with Crippen molar-refractivity contribution in [3.63, 3.8) is 0 Å². The molecule has 0 aliphatic carbocycles. The molecule has 0 N–H and O–H groups in total. The van der Waals surface area contributed by atoms with Gasteiger partial charge in [-0.2, -0.15) is 0 Å². The maximum atomic E-state index is 14.4. The first kappa shape index (κ1) is 29.3. The van der Waals surface area contributed by atoms with Crippen molar-refractivity contribution in [2.24, 2.45) is 0 Å². The van der Waals surface area contributed by atoms with Crippen LogP contribution < -0.4 is 0 Å². The topological polar surface area (TPSA) is 109 Å². The van der Waals surface area contributed by atoms with Gasteiger partial charge in [0.05, 0.1) is 33.0 Å². The summed E-state index contributed by atoms with van der Waals surface area (Å²) in [5.74, 6) is -2.37. The number of carbonyl (C=O) groups is 2. The van der Waals surface area contributed by atoms with E-state index in [-0.39, 0.29) is 26.5 Å². The lowest BCUT2D eigenvalue weighted by molar-refractivity contribution is 0.0550. The van der Waals surface area contributed by atoms with Gasteiger partial charge in [-0.1, -0.05) is 69.4 Å². The highest BCUT2D eigenvalue weighted by Gasteiger charge is 2.50. The Morgan fingerprint density at radius 2 is 1.14 bits per heavy atom. The van der Waals surface area contributed by atoms with Crippen molar-refractivity contribution in [1.29, 1.82) is 0 Å². The smallest absolute Gasteiger partial charge is 0.261 e. The molecule has 1 aliphatic rings. The summed E-state index contributed by atoms with van der Waals surface area (Å²) in [6.07, 6.45) is 0. The van der Waals surface area contributed by atoms with Gasteiger partial charge in [0.2, 0.25) is 0 Å². The number of hydrogen-bond acceptors (Lipinski definition) is 6. The number of aryl methyl sites for hydroxylation is 2. The lowest BCUT2D eigenvalue weighted by Gasteiger charge is -2.37. The Balaban J connectivity index is 1.76. The summed E-state index contributed by atoms with van der Waals surface area (Å²) in [6, 6.07) is 19.6. The van der Waals surface area contributed by atoms with Gasteiger partial charge in [0, 0.05) is 0 Å². The first-order valence-corrected chi connectivity index (χ1v) is 15.9. The van der Waals surface area contributed by atoms with Gasteiger partial charge < -0.3 is 0 Å². The molecule has 0 unspecified atom stereocenters. The highest BCUT2D eigenvalue weighted by molar-refractivity contribution is 8.04. The number of amides is 2. The summed E-state index contributed by atoms with van der Waals surface area (Å²) in [5, 5.41) is 0. The van der Waals surface area contributed by atoms with Crippen molar-refractivity contribution in [2.75, 3.05) is 0 Å². The zero-order chi connectivity index (χ0) is 30.4. The molecule has 1 heterocycles. The molecule has 2 atom stereocenters. The molecule has 0 spiro atoms. The molecule has 5 rings (SSSR count). The van der Waals surface area contributed by atoms with Gasteiger partial charge in [-0.3, -0.25) is 14.5 Å². The number of benzene rings is 4. The SMILES string of the molecule is Cc1ccc(S(=O)(=O)N([C@@H](c2ccccc2)[C@@H](C)N2C(=O)c3ccc(F)cc3C2=O)S(=O)(=O)c2ccc(C)cc2)cc1. The van der Waals surface area contributed by atoms with Crippen LogP contribution in [0.2, 0.25) is 0 Å². The second-order valence-electron chi connectivity index (χ2n) is 10.1. The van der Waals surface area contributed by atoms with E-state index in [4.69, 9.17) is 0 Å². The Kier molecular flexibility index (Phi) is 7.61. The Morgan fingerprint density at radius 3 is 1.64 bits per heavy atom. The van der Waals surface area contributed by atoms with Gasteiger partial charge in [-0.15, -0.1) is 0 Å². The number of halogens is 1. The molecule has 8 nitrogen and oxygen atoms in total. The third kappa shape index (κ3) is 5.04. The van der Waals surface area contributed by atoms with Crippen molar-refractivity contribution in [3.05, 3.63) is 131 Å². The minimum Gasteiger partial charge on any atom is -0.269 e. The fraction of sp³-hybridized carbons (Fsp3) is 0.161. The first-order valence-electron chi connectivity index (χ1n) is 13.0. The number of carbonyl (C=O) groups excluding carboxylic acids is 2. The maximum absolute atomic E-state index is 14.4. The quantitative estimate of drug-likeness (QED) is 0.254. The molecule has 216 valence electrons. The largest absolute Gasteiger partial charge is 0.269 e. The molecule has 1 aliphatic heterocycles. The van der Waals surface area contributed by atoms with Gasteiger partial charge >= 0.3 is 0 Å². The van der Waals surface area contributed by atoms with E-state index in [0.29, 0.717) is 3.71 Å². The second kappa shape index (κ2) is 10.9. The zero-order valence-corrected chi connectivity index (χ0v) is 24.6. The van der Waals surface area contributed by atoms with E-state index >= 15 is 0 Å². The van der Waals surface area contributed by atoms with Gasteiger partial charge in [0.15, 0.2) is 0 Å². The van der Waals surface area contributed by atoms with Crippen LogP contribution in [0.3, 0.4) is 0 Å². The summed E-state index contributed by atoms with van der Waals surface area (Å²) in [7, 11) is -9.66. The number of rotatable bonds is 8. The Labute approximate surface area is 244 Å². The molecule has 0 saturated carbocycles. The summed E-state index contributed by atoms with van der Waals surface area (Å²) in [4.78, 5) is 27.2. The van der Waals surface area contributed by atoms with Crippen molar-refractivity contribution in [1.82, 2.24) is 8.61 Å². The molecule has 11 heteroatoms. The van der Waals surface area contributed by atoms with Gasteiger partial charge in [-0.05, 0) is 68.8 Å². The molecule has 4 aromatic rings. The normalized spacial score (nSPS) is 15.1. The zero-order valence-electron chi connectivity index (χ0n) is 22.9. The summed E-state index contributed by atoms with van der Waals surface area (Å²) >= 11 is 0. The molecule has 0 saturated heterocycles. The molecular formula is C31H27FN2O6S2. The van der Waals surface area contributed by atoms with E-state index < -0.39 is 49.8 Å².